The molecule has 1 unspecified atom stereocenters. The Kier molecular flexibility index (Phi) is 4.46. The molecule has 0 saturated carbocycles. The molecule has 0 fully saturated rings. The van der Waals surface area contributed by atoms with Crippen LogP contribution in [0.15, 0.2) is 35.7 Å². The lowest BCUT2D eigenvalue weighted by Crippen LogP contribution is -2.17. The average molecular weight is 286 g/mol. The molecule has 0 aliphatic heterocycles. The van der Waals surface area contributed by atoms with Gasteiger partial charge in [-0.05, 0) is 30.5 Å². The summed E-state index contributed by atoms with van der Waals surface area (Å²) >= 11 is 14.0. The van der Waals surface area contributed by atoms with Crippen molar-refractivity contribution in [2.24, 2.45) is 0 Å². The van der Waals surface area contributed by atoms with Crippen molar-refractivity contribution in [1.29, 1.82) is 0 Å². The van der Waals surface area contributed by atoms with Gasteiger partial charge in [-0.3, -0.25) is 0 Å². The van der Waals surface area contributed by atoms with E-state index < -0.39 is 0 Å². The monoisotopic (exact) mass is 285 g/mol. The van der Waals surface area contributed by atoms with Crippen LogP contribution in [0.4, 0.5) is 0 Å². The minimum absolute atomic E-state index is 0.308. The Balaban J connectivity index is 2.03. The molecule has 0 amide bonds. The normalized spacial score (nSPS) is 12.6. The summed E-state index contributed by atoms with van der Waals surface area (Å²) in [5.41, 5.74) is 0.958. The van der Waals surface area contributed by atoms with Gasteiger partial charge in [0.15, 0.2) is 0 Å². The minimum atomic E-state index is 0.308. The maximum atomic E-state index is 6.12. The molecule has 0 spiro atoms. The van der Waals surface area contributed by atoms with Gasteiger partial charge in [-0.2, -0.15) is 0 Å². The molecule has 1 aromatic heterocycles. The summed E-state index contributed by atoms with van der Waals surface area (Å²) in [5, 5.41) is 6.93. The number of benzene rings is 1. The predicted octanol–water partition coefficient (Wildman–Crippen LogP) is 4.91. The van der Waals surface area contributed by atoms with Gasteiger partial charge < -0.3 is 5.32 Å². The van der Waals surface area contributed by atoms with Crippen LogP contribution in [0, 0.1) is 0 Å². The summed E-state index contributed by atoms with van der Waals surface area (Å²) in [6.07, 6.45) is 0. The number of halogens is 2. The van der Waals surface area contributed by atoms with Crippen molar-refractivity contribution in [2.45, 2.75) is 19.5 Å². The highest BCUT2D eigenvalue weighted by molar-refractivity contribution is 7.10. The molecule has 4 heteroatoms. The van der Waals surface area contributed by atoms with Gasteiger partial charge in [0.25, 0.3) is 0 Å². The van der Waals surface area contributed by atoms with E-state index in [0.29, 0.717) is 22.6 Å². The SMILES string of the molecule is CC(NCc1c(Cl)cccc1Cl)c1cccs1. The molecule has 0 aliphatic rings. The van der Waals surface area contributed by atoms with Gasteiger partial charge in [0.2, 0.25) is 0 Å². The van der Waals surface area contributed by atoms with Crippen molar-refractivity contribution in [3.63, 3.8) is 0 Å². The predicted molar refractivity (Wildman–Crippen MR) is 76.0 cm³/mol. The molecule has 0 bridgehead atoms. The van der Waals surface area contributed by atoms with Crippen molar-refractivity contribution in [1.82, 2.24) is 5.32 Å². The van der Waals surface area contributed by atoms with Crippen molar-refractivity contribution in [3.05, 3.63) is 56.2 Å². The first-order chi connectivity index (χ1) is 8.18. The molecule has 1 N–H and O–H groups in total. The van der Waals surface area contributed by atoms with Crippen molar-refractivity contribution < 1.29 is 0 Å². The van der Waals surface area contributed by atoms with Crippen LogP contribution in [0.5, 0.6) is 0 Å². The Morgan fingerprint density at radius 1 is 1.18 bits per heavy atom. The van der Waals surface area contributed by atoms with E-state index in [1.165, 1.54) is 4.88 Å². The zero-order valence-electron chi connectivity index (χ0n) is 9.41. The van der Waals surface area contributed by atoms with Crippen LogP contribution in [0.25, 0.3) is 0 Å². The van der Waals surface area contributed by atoms with E-state index in [-0.39, 0.29) is 0 Å². The summed E-state index contributed by atoms with van der Waals surface area (Å²) in [7, 11) is 0. The summed E-state index contributed by atoms with van der Waals surface area (Å²) < 4.78 is 0. The van der Waals surface area contributed by atoms with Gasteiger partial charge in [0, 0.05) is 33.1 Å². The third kappa shape index (κ3) is 3.23. The van der Waals surface area contributed by atoms with Crippen LogP contribution in [0.2, 0.25) is 10.0 Å². The zero-order chi connectivity index (χ0) is 12.3. The van der Waals surface area contributed by atoms with Crippen LogP contribution < -0.4 is 5.32 Å². The lowest BCUT2D eigenvalue weighted by molar-refractivity contribution is 0.583. The van der Waals surface area contributed by atoms with E-state index in [9.17, 15) is 0 Å². The van der Waals surface area contributed by atoms with Gasteiger partial charge in [-0.25, -0.2) is 0 Å². The molecule has 90 valence electrons. The second-order valence-electron chi connectivity index (χ2n) is 3.82. The lowest BCUT2D eigenvalue weighted by Gasteiger charge is -2.13. The zero-order valence-corrected chi connectivity index (χ0v) is 11.7. The Morgan fingerprint density at radius 2 is 1.88 bits per heavy atom. The Hall–Kier alpha value is -0.540. The van der Waals surface area contributed by atoms with Crippen molar-refractivity contribution in [2.75, 3.05) is 0 Å². The van der Waals surface area contributed by atoms with E-state index in [1.807, 2.05) is 18.2 Å². The maximum Gasteiger partial charge on any atom is 0.0465 e. The highest BCUT2D eigenvalue weighted by Crippen LogP contribution is 2.25. The van der Waals surface area contributed by atoms with E-state index in [4.69, 9.17) is 23.2 Å². The first kappa shape index (κ1) is 12.9. The van der Waals surface area contributed by atoms with E-state index in [2.05, 4.69) is 29.8 Å². The fourth-order valence-corrected chi connectivity index (χ4v) is 2.88. The van der Waals surface area contributed by atoms with Gasteiger partial charge >= 0.3 is 0 Å². The smallest absolute Gasteiger partial charge is 0.0465 e. The molecule has 2 aromatic rings. The average Bonchev–Trinajstić information content (AvgIpc) is 2.81. The van der Waals surface area contributed by atoms with Crippen LogP contribution in [0.1, 0.15) is 23.4 Å². The van der Waals surface area contributed by atoms with E-state index in [0.717, 1.165) is 5.56 Å². The molecular formula is C13H13Cl2NS. The van der Waals surface area contributed by atoms with Crippen molar-refractivity contribution >= 4 is 34.5 Å². The highest BCUT2D eigenvalue weighted by atomic mass is 35.5. The van der Waals surface area contributed by atoms with Gasteiger partial charge in [0.1, 0.15) is 0 Å². The maximum absolute atomic E-state index is 6.12. The van der Waals surface area contributed by atoms with Gasteiger partial charge in [-0.15, -0.1) is 11.3 Å². The summed E-state index contributed by atoms with van der Waals surface area (Å²) in [6, 6.07) is 10.1. The highest BCUT2D eigenvalue weighted by Gasteiger charge is 2.09. The number of hydrogen-bond donors (Lipinski definition) is 1. The molecule has 0 radical (unpaired) electrons. The largest absolute Gasteiger partial charge is 0.305 e. The number of nitrogens with one attached hydrogen (secondary N) is 1. The lowest BCUT2D eigenvalue weighted by atomic mass is 10.2. The second-order valence-corrected chi connectivity index (χ2v) is 5.61. The number of thiophene rings is 1. The van der Waals surface area contributed by atoms with Gasteiger partial charge in [0.05, 0.1) is 0 Å². The molecule has 1 heterocycles. The minimum Gasteiger partial charge on any atom is -0.305 e. The molecule has 0 aliphatic carbocycles. The van der Waals surface area contributed by atoms with Crippen LogP contribution in [-0.4, -0.2) is 0 Å². The van der Waals surface area contributed by atoms with Gasteiger partial charge in [-0.1, -0.05) is 35.3 Å². The Morgan fingerprint density at radius 3 is 2.47 bits per heavy atom. The topological polar surface area (TPSA) is 12.0 Å². The summed E-state index contributed by atoms with van der Waals surface area (Å²) in [4.78, 5) is 1.31. The first-order valence-corrected chi connectivity index (χ1v) is 7.01. The molecule has 1 aromatic carbocycles. The third-order valence-corrected chi connectivity index (χ3v) is 4.38. The molecule has 1 atom stereocenters. The Bertz CT molecular complexity index is 462. The summed E-state index contributed by atoms with van der Waals surface area (Å²) in [6.45, 7) is 2.81. The molecular weight excluding hydrogens is 273 g/mol. The first-order valence-electron chi connectivity index (χ1n) is 5.38. The van der Waals surface area contributed by atoms with E-state index >= 15 is 0 Å². The second kappa shape index (κ2) is 5.87. The molecule has 17 heavy (non-hydrogen) atoms. The van der Waals surface area contributed by atoms with Crippen LogP contribution >= 0.6 is 34.5 Å². The number of hydrogen-bond acceptors (Lipinski definition) is 2. The molecule has 1 nitrogen and oxygen atoms in total. The fourth-order valence-electron chi connectivity index (χ4n) is 1.59. The van der Waals surface area contributed by atoms with E-state index in [1.54, 1.807) is 11.3 Å². The molecule has 0 saturated heterocycles. The number of rotatable bonds is 4. The van der Waals surface area contributed by atoms with Crippen LogP contribution in [-0.2, 0) is 6.54 Å². The Labute approximate surface area is 115 Å². The third-order valence-electron chi connectivity index (χ3n) is 2.62. The van der Waals surface area contributed by atoms with Crippen molar-refractivity contribution in [3.8, 4) is 0 Å². The fraction of sp³-hybridized carbons (Fsp3) is 0.231. The quantitative estimate of drug-likeness (QED) is 0.842. The summed E-state index contributed by atoms with van der Waals surface area (Å²) in [5.74, 6) is 0. The van der Waals surface area contributed by atoms with Crippen LogP contribution in [0.3, 0.4) is 0 Å². The standard InChI is InChI=1S/C13H13Cl2NS/c1-9(13-6-3-7-17-13)16-8-10-11(14)4-2-5-12(10)15/h2-7,9,16H,8H2,1H3. The molecule has 2 rings (SSSR count).